The Morgan fingerprint density at radius 1 is 1.29 bits per heavy atom. The molecule has 1 N–H and O–H groups in total. The summed E-state index contributed by atoms with van der Waals surface area (Å²) in [6, 6.07) is 10.7. The summed E-state index contributed by atoms with van der Waals surface area (Å²) >= 11 is 0. The lowest BCUT2D eigenvalue weighted by Crippen LogP contribution is -2.23. The lowest BCUT2D eigenvalue weighted by atomic mass is 9.94. The van der Waals surface area contributed by atoms with E-state index >= 15 is 0 Å². The monoisotopic (exact) mass is 282 g/mol. The zero-order valence-electron chi connectivity index (χ0n) is 12.7. The molecule has 1 aliphatic heterocycles. The number of fused-ring (bicyclic) bond motifs is 1. The van der Waals surface area contributed by atoms with Gasteiger partial charge in [0.15, 0.2) is 0 Å². The van der Waals surface area contributed by atoms with Crippen molar-refractivity contribution in [3.05, 3.63) is 58.9 Å². The molecule has 1 aliphatic rings. The van der Waals surface area contributed by atoms with E-state index in [1.54, 1.807) is 0 Å². The Labute approximate surface area is 126 Å². The molecule has 0 spiro atoms. The molecule has 21 heavy (non-hydrogen) atoms. The number of rotatable bonds is 4. The second-order valence-electron chi connectivity index (χ2n) is 5.41. The molecule has 1 aromatic heterocycles. The number of aromatic nitrogens is 1. The summed E-state index contributed by atoms with van der Waals surface area (Å²) in [5.74, 6) is 1.05. The maximum atomic E-state index is 5.96. The second kappa shape index (κ2) is 6.27. The Kier molecular flexibility index (Phi) is 4.20. The van der Waals surface area contributed by atoms with E-state index < -0.39 is 0 Å². The van der Waals surface area contributed by atoms with Crippen molar-refractivity contribution in [3.63, 3.8) is 0 Å². The Bertz CT molecular complexity index is 624. The number of hydrogen-bond acceptors (Lipinski definition) is 3. The van der Waals surface area contributed by atoms with Gasteiger partial charge < -0.3 is 10.1 Å². The van der Waals surface area contributed by atoms with Gasteiger partial charge >= 0.3 is 0 Å². The molecule has 0 bridgehead atoms. The zero-order chi connectivity index (χ0) is 14.7. The molecule has 3 nitrogen and oxygen atoms in total. The summed E-state index contributed by atoms with van der Waals surface area (Å²) in [5, 5.41) is 3.42. The van der Waals surface area contributed by atoms with Crippen molar-refractivity contribution < 1.29 is 4.74 Å². The molecule has 0 fully saturated rings. The number of hydrogen-bond donors (Lipinski definition) is 1. The van der Waals surface area contributed by atoms with Gasteiger partial charge in [0, 0.05) is 11.8 Å². The highest BCUT2D eigenvalue weighted by molar-refractivity contribution is 5.47. The van der Waals surface area contributed by atoms with Gasteiger partial charge in [0.25, 0.3) is 0 Å². The Balaban J connectivity index is 2.08. The number of aryl methyl sites for hydroxylation is 2. The fraction of sp³-hybridized carbons (Fsp3) is 0.389. The van der Waals surface area contributed by atoms with E-state index in [4.69, 9.17) is 4.74 Å². The quantitative estimate of drug-likeness (QED) is 0.934. The molecular weight excluding hydrogens is 260 g/mol. The highest BCUT2D eigenvalue weighted by atomic mass is 16.5. The van der Waals surface area contributed by atoms with Crippen LogP contribution in [0.25, 0.3) is 0 Å². The maximum absolute atomic E-state index is 5.96. The minimum absolute atomic E-state index is 0.0780. The minimum atomic E-state index is 0.0780. The highest BCUT2D eigenvalue weighted by Crippen LogP contribution is 2.35. The van der Waals surface area contributed by atoms with Crippen LogP contribution in [0.1, 0.15) is 41.8 Å². The van der Waals surface area contributed by atoms with Crippen LogP contribution in [0, 0.1) is 0 Å². The number of ether oxygens (including phenoxy) is 1. The van der Waals surface area contributed by atoms with Crippen LogP contribution in [-0.2, 0) is 12.8 Å². The molecule has 2 heterocycles. The molecule has 1 unspecified atom stereocenters. The summed E-state index contributed by atoms with van der Waals surface area (Å²) < 4.78 is 5.96. The van der Waals surface area contributed by atoms with E-state index in [1.165, 1.54) is 16.7 Å². The average molecular weight is 282 g/mol. The molecule has 110 valence electrons. The van der Waals surface area contributed by atoms with Gasteiger partial charge in [0.2, 0.25) is 0 Å². The molecule has 2 aromatic rings. The van der Waals surface area contributed by atoms with E-state index in [9.17, 15) is 0 Å². The molecule has 0 amide bonds. The van der Waals surface area contributed by atoms with E-state index in [2.05, 4.69) is 41.5 Å². The first-order valence-corrected chi connectivity index (χ1v) is 7.70. The molecule has 0 radical (unpaired) electrons. The minimum Gasteiger partial charge on any atom is -0.493 e. The maximum Gasteiger partial charge on any atom is 0.127 e. The number of pyridine rings is 1. The lowest BCUT2D eigenvalue weighted by molar-refractivity contribution is 0.283. The molecule has 1 aromatic carbocycles. The van der Waals surface area contributed by atoms with Crippen LogP contribution in [0.2, 0.25) is 0 Å². The van der Waals surface area contributed by atoms with Gasteiger partial charge in [-0.3, -0.25) is 4.98 Å². The van der Waals surface area contributed by atoms with Gasteiger partial charge in [0.05, 0.1) is 18.3 Å². The largest absolute Gasteiger partial charge is 0.493 e. The van der Waals surface area contributed by atoms with Crippen LogP contribution in [0.15, 0.2) is 36.5 Å². The summed E-state index contributed by atoms with van der Waals surface area (Å²) in [7, 11) is 1.99. The number of nitrogens with zero attached hydrogens (tertiary/aromatic N) is 1. The second-order valence-corrected chi connectivity index (χ2v) is 5.41. The molecular formula is C18H22N2O. The Morgan fingerprint density at radius 2 is 2.19 bits per heavy atom. The van der Waals surface area contributed by atoms with Crippen LogP contribution in [0.3, 0.4) is 0 Å². The predicted octanol–water partition coefficient (Wildman–Crippen LogP) is 3.28. The van der Waals surface area contributed by atoms with Crippen molar-refractivity contribution in [3.8, 4) is 5.75 Å². The smallest absolute Gasteiger partial charge is 0.127 e. The van der Waals surface area contributed by atoms with Gasteiger partial charge in [-0.25, -0.2) is 0 Å². The summed E-state index contributed by atoms with van der Waals surface area (Å²) in [6.07, 6.45) is 5.05. The van der Waals surface area contributed by atoms with Crippen LogP contribution in [-0.4, -0.2) is 18.6 Å². The van der Waals surface area contributed by atoms with Crippen LogP contribution < -0.4 is 10.1 Å². The van der Waals surface area contributed by atoms with Crippen molar-refractivity contribution in [2.75, 3.05) is 13.7 Å². The fourth-order valence-electron chi connectivity index (χ4n) is 3.09. The van der Waals surface area contributed by atoms with Crippen LogP contribution in [0.4, 0.5) is 0 Å². The fourth-order valence-corrected chi connectivity index (χ4v) is 3.09. The van der Waals surface area contributed by atoms with Crippen molar-refractivity contribution in [1.82, 2.24) is 10.3 Å². The van der Waals surface area contributed by atoms with E-state index in [-0.39, 0.29) is 6.04 Å². The number of nitrogens with one attached hydrogen (secondary N) is 1. The molecule has 0 aliphatic carbocycles. The third kappa shape index (κ3) is 2.66. The van der Waals surface area contributed by atoms with Gasteiger partial charge in [-0.1, -0.05) is 31.2 Å². The Morgan fingerprint density at radius 3 is 3.00 bits per heavy atom. The SMILES string of the molecule is CCc1cccnc1C(NC)c1cccc2c1OCCC2. The predicted molar refractivity (Wildman–Crippen MR) is 84.8 cm³/mol. The summed E-state index contributed by atoms with van der Waals surface area (Å²) in [4.78, 5) is 4.63. The van der Waals surface area contributed by atoms with Crippen LogP contribution in [0.5, 0.6) is 5.75 Å². The summed E-state index contributed by atoms with van der Waals surface area (Å²) in [5.41, 5.74) is 4.89. The molecule has 1 atom stereocenters. The zero-order valence-corrected chi connectivity index (χ0v) is 12.7. The van der Waals surface area contributed by atoms with Gasteiger partial charge in [-0.05, 0) is 43.5 Å². The van der Waals surface area contributed by atoms with Crippen molar-refractivity contribution in [2.24, 2.45) is 0 Å². The van der Waals surface area contributed by atoms with Gasteiger partial charge in [0.1, 0.15) is 5.75 Å². The average Bonchev–Trinajstić information content (AvgIpc) is 2.56. The number of benzene rings is 1. The molecule has 3 heteroatoms. The lowest BCUT2D eigenvalue weighted by Gasteiger charge is -2.25. The normalized spacial score (nSPS) is 15.1. The Hall–Kier alpha value is -1.87. The van der Waals surface area contributed by atoms with Crippen molar-refractivity contribution in [2.45, 2.75) is 32.2 Å². The molecule has 0 saturated heterocycles. The highest BCUT2D eigenvalue weighted by Gasteiger charge is 2.23. The van der Waals surface area contributed by atoms with E-state index in [0.29, 0.717) is 0 Å². The van der Waals surface area contributed by atoms with E-state index in [0.717, 1.165) is 37.3 Å². The molecule has 0 saturated carbocycles. The van der Waals surface area contributed by atoms with Gasteiger partial charge in [-0.15, -0.1) is 0 Å². The molecule has 3 rings (SSSR count). The first kappa shape index (κ1) is 14.1. The van der Waals surface area contributed by atoms with Gasteiger partial charge in [-0.2, -0.15) is 0 Å². The standard InChI is InChI=1S/C18H22N2O/c1-3-13-8-5-11-20-16(13)17(19-2)15-10-4-7-14-9-6-12-21-18(14)15/h4-5,7-8,10-11,17,19H,3,6,9,12H2,1-2H3. The third-order valence-electron chi connectivity index (χ3n) is 4.14. The van der Waals surface area contributed by atoms with Crippen molar-refractivity contribution in [1.29, 1.82) is 0 Å². The summed E-state index contributed by atoms with van der Waals surface area (Å²) in [6.45, 7) is 2.98. The first-order valence-electron chi connectivity index (χ1n) is 7.70. The topological polar surface area (TPSA) is 34.2 Å². The number of para-hydroxylation sites is 1. The van der Waals surface area contributed by atoms with Crippen molar-refractivity contribution >= 4 is 0 Å². The van der Waals surface area contributed by atoms with E-state index in [1.807, 2.05) is 19.3 Å². The first-order chi connectivity index (χ1) is 10.3. The van der Waals surface area contributed by atoms with Crippen LogP contribution >= 0.6 is 0 Å². The third-order valence-corrected chi connectivity index (χ3v) is 4.14.